The zero-order valence-corrected chi connectivity index (χ0v) is 13.5. The van der Waals surface area contributed by atoms with Gasteiger partial charge in [0.25, 0.3) is 5.91 Å². The van der Waals surface area contributed by atoms with Crippen LogP contribution in [0.15, 0.2) is 54.6 Å². The van der Waals surface area contributed by atoms with Crippen molar-refractivity contribution in [1.29, 1.82) is 0 Å². The number of hydrogen-bond donors (Lipinski definition) is 1. The first-order valence-electron chi connectivity index (χ1n) is 7.02. The highest BCUT2D eigenvalue weighted by molar-refractivity contribution is 6.52. The standard InChI is InChI=1S/C17H13Cl2NO3/c18-17(19)10-14(17)16(22)23-13-8-6-12(7-9-13)20-15(21)11-4-2-1-3-5-11/h1-9,14H,10H2,(H,20,21). The third kappa shape index (κ3) is 3.84. The minimum atomic E-state index is -0.999. The lowest BCUT2D eigenvalue weighted by Gasteiger charge is -2.07. The number of carbonyl (C=O) groups is 2. The normalized spacial score (nSPS) is 18.1. The lowest BCUT2D eigenvalue weighted by Crippen LogP contribution is -2.14. The fraction of sp³-hybridized carbons (Fsp3) is 0.176. The van der Waals surface area contributed by atoms with Gasteiger partial charge in [0.2, 0.25) is 0 Å². The molecule has 1 atom stereocenters. The molecule has 2 aromatic rings. The van der Waals surface area contributed by atoms with E-state index in [9.17, 15) is 9.59 Å². The number of benzene rings is 2. The molecule has 4 nitrogen and oxygen atoms in total. The summed E-state index contributed by atoms with van der Waals surface area (Å²) >= 11 is 11.7. The van der Waals surface area contributed by atoms with Crippen LogP contribution in [-0.2, 0) is 4.79 Å². The Morgan fingerprint density at radius 2 is 1.65 bits per heavy atom. The van der Waals surface area contributed by atoms with E-state index in [2.05, 4.69) is 5.32 Å². The molecule has 1 saturated carbocycles. The number of carbonyl (C=O) groups excluding carboxylic acids is 2. The molecule has 0 bridgehead atoms. The van der Waals surface area contributed by atoms with Crippen molar-refractivity contribution in [3.8, 4) is 5.75 Å². The van der Waals surface area contributed by atoms with E-state index in [1.165, 1.54) is 0 Å². The minimum absolute atomic E-state index is 0.206. The van der Waals surface area contributed by atoms with Gasteiger partial charge in [0, 0.05) is 11.3 Å². The van der Waals surface area contributed by atoms with E-state index in [1.54, 1.807) is 48.5 Å². The van der Waals surface area contributed by atoms with Gasteiger partial charge in [-0.1, -0.05) is 18.2 Å². The summed E-state index contributed by atoms with van der Waals surface area (Å²) in [6.07, 6.45) is 0.403. The van der Waals surface area contributed by atoms with Crippen molar-refractivity contribution in [2.24, 2.45) is 5.92 Å². The van der Waals surface area contributed by atoms with Crippen molar-refractivity contribution >= 4 is 40.8 Å². The topological polar surface area (TPSA) is 55.4 Å². The predicted octanol–water partition coefficient (Wildman–Crippen LogP) is 4.04. The maximum atomic E-state index is 12.0. The molecule has 0 aromatic heterocycles. The van der Waals surface area contributed by atoms with Crippen molar-refractivity contribution in [2.45, 2.75) is 10.8 Å². The molecule has 0 aliphatic heterocycles. The van der Waals surface area contributed by atoms with Crippen LogP contribution in [0.3, 0.4) is 0 Å². The molecule has 1 aliphatic rings. The summed E-state index contributed by atoms with van der Waals surface area (Å²) in [5.74, 6) is -0.759. The molecule has 1 aliphatic carbocycles. The first kappa shape index (κ1) is 15.8. The Hall–Kier alpha value is -2.04. The Labute approximate surface area is 143 Å². The van der Waals surface area contributed by atoms with Crippen molar-refractivity contribution < 1.29 is 14.3 Å². The number of rotatable bonds is 4. The summed E-state index contributed by atoms with van der Waals surface area (Å²) in [6.45, 7) is 0. The molecule has 3 rings (SSSR count). The number of nitrogens with one attached hydrogen (secondary N) is 1. The quantitative estimate of drug-likeness (QED) is 0.514. The second-order valence-electron chi connectivity index (χ2n) is 5.28. The van der Waals surface area contributed by atoms with Crippen molar-refractivity contribution in [3.05, 3.63) is 60.2 Å². The van der Waals surface area contributed by atoms with Gasteiger partial charge in [0.05, 0.1) is 5.92 Å². The summed E-state index contributed by atoms with van der Waals surface area (Å²) < 4.78 is 4.20. The van der Waals surface area contributed by atoms with Crippen LogP contribution in [0.1, 0.15) is 16.8 Å². The maximum Gasteiger partial charge on any atom is 0.317 e. The van der Waals surface area contributed by atoms with Gasteiger partial charge in [0.15, 0.2) is 0 Å². The number of esters is 1. The monoisotopic (exact) mass is 349 g/mol. The van der Waals surface area contributed by atoms with E-state index in [4.69, 9.17) is 27.9 Å². The van der Waals surface area contributed by atoms with Crippen molar-refractivity contribution in [3.63, 3.8) is 0 Å². The van der Waals surface area contributed by atoms with Gasteiger partial charge >= 0.3 is 5.97 Å². The molecule has 0 heterocycles. The molecule has 2 aromatic carbocycles. The molecule has 1 unspecified atom stereocenters. The van der Waals surface area contributed by atoms with Gasteiger partial charge in [-0.25, -0.2) is 0 Å². The first-order valence-corrected chi connectivity index (χ1v) is 7.77. The molecule has 1 amide bonds. The average molecular weight is 350 g/mol. The summed E-state index contributed by atoms with van der Waals surface area (Å²) in [5.41, 5.74) is 1.17. The van der Waals surface area contributed by atoms with Crippen LogP contribution in [-0.4, -0.2) is 16.2 Å². The Balaban J connectivity index is 1.59. The van der Waals surface area contributed by atoms with E-state index in [0.29, 0.717) is 23.4 Å². The van der Waals surface area contributed by atoms with Gasteiger partial charge in [-0.05, 0) is 42.8 Å². The Morgan fingerprint density at radius 3 is 2.22 bits per heavy atom. The molecule has 6 heteroatoms. The smallest absolute Gasteiger partial charge is 0.317 e. The third-order valence-electron chi connectivity index (χ3n) is 3.48. The number of ether oxygens (including phenoxy) is 1. The number of alkyl halides is 2. The molecular formula is C17H13Cl2NO3. The van der Waals surface area contributed by atoms with Crippen LogP contribution in [0.4, 0.5) is 5.69 Å². The van der Waals surface area contributed by atoms with E-state index >= 15 is 0 Å². The van der Waals surface area contributed by atoms with Crippen molar-refractivity contribution in [2.75, 3.05) is 5.32 Å². The van der Waals surface area contributed by atoms with Gasteiger partial charge in [0.1, 0.15) is 10.1 Å². The zero-order chi connectivity index (χ0) is 16.4. The second kappa shape index (κ2) is 6.22. The lowest BCUT2D eigenvalue weighted by atomic mass is 10.2. The highest BCUT2D eigenvalue weighted by atomic mass is 35.5. The SMILES string of the molecule is O=C(Nc1ccc(OC(=O)C2CC2(Cl)Cl)cc1)c1ccccc1. The second-order valence-corrected chi connectivity index (χ2v) is 6.83. The molecular weight excluding hydrogens is 337 g/mol. The first-order chi connectivity index (χ1) is 11.0. The van der Waals surface area contributed by atoms with Crippen LogP contribution in [0.2, 0.25) is 0 Å². The highest BCUT2D eigenvalue weighted by Gasteiger charge is 2.57. The van der Waals surface area contributed by atoms with Crippen LogP contribution < -0.4 is 10.1 Å². The van der Waals surface area contributed by atoms with E-state index < -0.39 is 16.2 Å². The van der Waals surface area contributed by atoms with E-state index in [1.807, 2.05) is 6.07 Å². The molecule has 23 heavy (non-hydrogen) atoms. The summed E-state index contributed by atoms with van der Waals surface area (Å²) in [5, 5.41) is 2.77. The molecule has 0 spiro atoms. The zero-order valence-electron chi connectivity index (χ0n) is 12.0. The van der Waals surface area contributed by atoms with Crippen LogP contribution in [0.5, 0.6) is 5.75 Å². The van der Waals surface area contributed by atoms with Crippen LogP contribution >= 0.6 is 23.2 Å². The number of anilines is 1. The van der Waals surface area contributed by atoms with Crippen molar-refractivity contribution in [1.82, 2.24) is 0 Å². The molecule has 1 N–H and O–H groups in total. The predicted molar refractivity (Wildman–Crippen MR) is 89.0 cm³/mol. The summed E-state index contributed by atoms with van der Waals surface area (Å²) in [7, 11) is 0. The fourth-order valence-electron chi connectivity index (χ4n) is 2.06. The molecule has 118 valence electrons. The largest absolute Gasteiger partial charge is 0.426 e. The third-order valence-corrected chi connectivity index (χ3v) is 4.31. The average Bonchev–Trinajstić information content (AvgIpc) is 3.19. The Morgan fingerprint density at radius 1 is 1.04 bits per heavy atom. The molecule has 0 saturated heterocycles. The van der Waals surface area contributed by atoms with Gasteiger partial charge < -0.3 is 10.1 Å². The van der Waals surface area contributed by atoms with E-state index in [-0.39, 0.29) is 5.91 Å². The number of amides is 1. The van der Waals surface area contributed by atoms with Crippen LogP contribution in [0, 0.1) is 5.92 Å². The van der Waals surface area contributed by atoms with Gasteiger partial charge in [-0.2, -0.15) is 0 Å². The fourth-order valence-corrected chi connectivity index (χ4v) is 2.54. The molecule has 1 fully saturated rings. The minimum Gasteiger partial charge on any atom is -0.426 e. The lowest BCUT2D eigenvalue weighted by molar-refractivity contribution is -0.135. The number of hydrogen-bond acceptors (Lipinski definition) is 3. The van der Waals surface area contributed by atoms with E-state index in [0.717, 1.165) is 0 Å². The Kier molecular flexibility index (Phi) is 4.28. The maximum absolute atomic E-state index is 12.0. The number of halogens is 2. The van der Waals surface area contributed by atoms with Crippen LogP contribution in [0.25, 0.3) is 0 Å². The highest BCUT2D eigenvalue weighted by Crippen LogP contribution is 2.53. The Bertz CT molecular complexity index is 729. The van der Waals surface area contributed by atoms with Gasteiger partial charge in [-0.3, -0.25) is 9.59 Å². The van der Waals surface area contributed by atoms with Gasteiger partial charge in [-0.15, -0.1) is 23.2 Å². The molecule has 0 radical (unpaired) electrons. The summed E-state index contributed by atoms with van der Waals surface area (Å²) in [6, 6.07) is 15.4. The summed E-state index contributed by atoms with van der Waals surface area (Å²) in [4.78, 5) is 23.8.